The first-order valence-electron chi connectivity index (χ1n) is 10.4. The number of carbonyl (C=O) groups excluding carboxylic acids is 1. The number of aryl methyl sites for hydroxylation is 1. The summed E-state index contributed by atoms with van der Waals surface area (Å²) >= 11 is 0. The van der Waals surface area contributed by atoms with Crippen molar-refractivity contribution < 1.29 is 35.2 Å². The molecule has 12 heteroatoms. The molecule has 0 atom stereocenters. The molecular formula is C23H19F4N3O4S. The molecule has 0 aliphatic heterocycles. The van der Waals surface area contributed by atoms with Gasteiger partial charge in [0.2, 0.25) is 0 Å². The third-order valence-corrected chi connectivity index (χ3v) is 6.66. The Labute approximate surface area is 197 Å². The van der Waals surface area contributed by atoms with Crippen molar-refractivity contribution in [3.63, 3.8) is 0 Å². The molecular weight excluding hydrogens is 490 g/mol. The van der Waals surface area contributed by atoms with Gasteiger partial charge in [0, 0.05) is 17.5 Å². The minimum atomic E-state index is -4.66. The summed E-state index contributed by atoms with van der Waals surface area (Å²) in [7, 11) is -4.08. The molecule has 1 aliphatic carbocycles. The van der Waals surface area contributed by atoms with Crippen molar-refractivity contribution >= 4 is 27.3 Å². The third kappa shape index (κ3) is 5.06. The van der Waals surface area contributed by atoms with Gasteiger partial charge in [-0.25, -0.2) is 4.39 Å². The Balaban J connectivity index is 1.62. The predicted octanol–water partition coefficient (Wildman–Crippen LogP) is 5.02. The first-order chi connectivity index (χ1) is 16.5. The summed E-state index contributed by atoms with van der Waals surface area (Å²) in [6.07, 6.45) is -3.30. The number of halogens is 4. The largest absolute Gasteiger partial charge is 0.455 e. The standard InChI is InChI=1S/C23H19F4N3O4S/c1-13-20-18(29-30-35(32,33)15-11-9-14(24)10-12-15)7-4-8-19(20)34-21(13)22(31)28-17-6-3-2-5-16(17)23(25,26)27/h2-3,5-6,9-12,30H,4,7-8H2,1H3,(H,28,31)/b29-18+. The number of fused-ring (bicyclic) bond motifs is 1. The minimum absolute atomic E-state index is 0.188. The highest BCUT2D eigenvalue weighted by molar-refractivity contribution is 7.89. The predicted molar refractivity (Wildman–Crippen MR) is 119 cm³/mol. The van der Waals surface area contributed by atoms with Crippen LogP contribution in [-0.4, -0.2) is 20.0 Å². The Morgan fingerprint density at radius 1 is 1.06 bits per heavy atom. The van der Waals surface area contributed by atoms with E-state index in [9.17, 15) is 30.8 Å². The molecule has 7 nitrogen and oxygen atoms in total. The highest BCUT2D eigenvalue weighted by Gasteiger charge is 2.34. The molecule has 2 aromatic carbocycles. The molecule has 1 heterocycles. The molecule has 1 amide bonds. The van der Waals surface area contributed by atoms with E-state index >= 15 is 0 Å². The molecule has 4 rings (SSSR count). The SMILES string of the molecule is Cc1c(C(=O)Nc2ccccc2C(F)(F)F)oc2c1/C(=N/NS(=O)(=O)c1ccc(F)cc1)CCC2. The first-order valence-corrected chi connectivity index (χ1v) is 11.9. The normalized spacial score (nSPS) is 15.1. The summed E-state index contributed by atoms with van der Waals surface area (Å²) in [5.74, 6) is -1.28. The smallest absolute Gasteiger partial charge is 0.418 e. The van der Waals surface area contributed by atoms with Crippen LogP contribution < -0.4 is 10.1 Å². The monoisotopic (exact) mass is 509 g/mol. The fourth-order valence-electron chi connectivity index (χ4n) is 3.80. The van der Waals surface area contributed by atoms with E-state index in [4.69, 9.17) is 4.42 Å². The Morgan fingerprint density at radius 2 is 1.74 bits per heavy atom. The molecule has 0 bridgehead atoms. The number of hydrazone groups is 1. The second kappa shape index (κ2) is 9.17. The fraction of sp³-hybridized carbons (Fsp3) is 0.217. The molecule has 35 heavy (non-hydrogen) atoms. The number of sulfonamides is 1. The van der Waals surface area contributed by atoms with Crippen LogP contribution in [0.15, 0.2) is 62.9 Å². The zero-order valence-corrected chi connectivity index (χ0v) is 19.1. The van der Waals surface area contributed by atoms with E-state index in [2.05, 4.69) is 15.2 Å². The lowest BCUT2D eigenvalue weighted by molar-refractivity contribution is -0.136. The fourth-order valence-corrected chi connectivity index (χ4v) is 4.63. The lowest BCUT2D eigenvalue weighted by Gasteiger charge is -2.14. The number of amides is 1. The Kier molecular flexibility index (Phi) is 6.41. The van der Waals surface area contributed by atoms with E-state index in [1.807, 2.05) is 0 Å². The van der Waals surface area contributed by atoms with Gasteiger partial charge in [-0.1, -0.05) is 12.1 Å². The van der Waals surface area contributed by atoms with Crippen LogP contribution in [0.1, 0.15) is 45.8 Å². The van der Waals surface area contributed by atoms with Gasteiger partial charge >= 0.3 is 6.18 Å². The molecule has 0 saturated heterocycles. The molecule has 184 valence electrons. The summed E-state index contributed by atoms with van der Waals surface area (Å²) in [5.41, 5.74) is -0.360. The number of alkyl halides is 3. The van der Waals surface area contributed by atoms with Gasteiger partial charge in [0.1, 0.15) is 11.6 Å². The quantitative estimate of drug-likeness (QED) is 0.373. The van der Waals surface area contributed by atoms with E-state index in [1.165, 1.54) is 12.1 Å². The van der Waals surface area contributed by atoms with Crippen LogP contribution in [0, 0.1) is 12.7 Å². The maximum absolute atomic E-state index is 13.3. The Bertz CT molecular complexity index is 1410. The topological polar surface area (TPSA) is 101 Å². The summed E-state index contributed by atoms with van der Waals surface area (Å²) < 4.78 is 83.6. The van der Waals surface area contributed by atoms with Gasteiger partial charge in [0.15, 0.2) is 5.76 Å². The van der Waals surface area contributed by atoms with Crippen molar-refractivity contribution in [2.75, 3.05) is 5.32 Å². The van der Waals surface area contributed by atoms with Crippen molar-refractivity contribution in [1.29, 1.82) is 0 Å². The average Bonchev–Trinajstić information content (AvgIpc) is 3.15. The second-order valence-corrected chi connectivity index (χ2v) is 9.47. The van der Waals surface area contributed by atoms with Gasteiger partial charge in [-0.2, -0.15) is 31.5 Å². The number of hydrogen-bond donors (Lipinski definition) is 2. The molecule has 0 spiro atoms. The van der Waals surface area contributed by atoms with Crippen LogP contribution >= 0.6 is 0 Å². The maximum Gasteiger partial charge on any atom is 0.418 e. The van der Waals surface area contributed by atoms with E-state index in [0.29, 0.717) is 41.9 Å². The number of nitrogens with zero attached hydrogens (tertiary/aromatic N) is 1. The van der Waals surface area contributed by atoms with E-state index < -0.39 is 39.2 Å². The van der Waals surface area contributed by atoms with E-state index in [-0.39, 0.29) is 10.7 Å². The number of nitrogens with one attached hydrogen (secondary N) is 2. The van der Waals surface area contributed by atoms with Gasteiger partial charge in [-0.15, -0.1) is 0 Å². The Morgan fingerprint density at radius 3 is 2.43 bits per heavy atom. The lowest BCUT2D eigenvalue weighted by atomic mass is 9.93. The summed E-state index contributed by atoms with van der Waals surface area (Å²) in [6, 6.07) is 8.76. The number of anilines is 1. The zero-order chi connectivity index (χ0) is 25.4. The van der Waals surface area contributed by atoms with Crippen LogP contribution in [0.5, 0.6) is 0 Å². The van der Waals surface area contributed by atoms with Crippen molar-refractivity contribution in [3.8, 4) is 0 Å². The number of benzene rings is 2. The summed E-state index contributed by atoms with van der Waals surface area (Å²) in [6.45, 7) is 1.54. The molecule has 2 N–H and O–H groups in total. The number of rotatable bonds is 5. The highest BCUT2D eigenvalue weighted by Crippen LogP contribution is 2.35. The van der Waals surface area contributed by atoms with Gasteiger partial charge in [-0.05, 0) is 56.2 Å². The molecule has 1 aliphatic rings. The van der Waals surface area contributed by atoms with Crippen LogP contribution in [0.25, 0.3) is 0 Å². The molecule has 0 radical (unpaired) electrons. The van der Waals surface area contributed by atoms with Crippen LogP contribution in [0.2, 0.25) is 0 Å². The minimum Gasteiger partial charge on any atom is -0.455 e. The van der Waals surface area contributed by atoms with Gasteiger partial charge in [-0.3, -0.25) is 4.79 Å². The first kappa shape index (κ1) is 24.5. The summed E-state index contributed by atoms with van der Waals surface area (Å²) in [4.78, 5) is 14.7. The number of hydrogen-bond acceptors (Lipinski definition) is 5. The molecule has 3 aromatic rings. The van der Waals surface area contributed by atoms with Gasteiger partial charge in [0.25, 0.3) is 15.9 Å². The van der Waals surface area contributed by atoms with Crippen molar-refractivity contribution in [2.24, 2.45) is 5.10 Å². The molecule has 1 aromatic heterocycles. The van der Waals surface area contributed by atoms with Crippen LogP contribution in [0.3, 0.4) is 0 Å². The average molecular weight is 509 g/mol. The zero-order valence-electron chi connectivity index (χ0n) is 18.2. The Hall–Kier alpha value is -3.67. The molecule has 0 saturated carbocycles. The van der Waals surface area contributed by atoms with E-state index in [1.54, 1.807) is 6.92 Å². The van der Waals surface area contributed by atoms with Gasteiger partial charge in [0.05, 0.1) is 21.9 Å². The number of para-hydroxylation sites is 1. The highest BCUT2D eigenvalue weighted by atomic mass is 32.2. The maximum atomic E-state index is 13.3. The van der Waals surface area contributed by atoms with Crippen LogP contribution in [0.4, 0.5) is 23.2 Å². The third-order valence-electron chi connectivity index (χ3n) is 5.44. The molecule has 0 fully saturated rings. The van der Waals surface area contributed by atoms with Gasteiger partial charge < -0.3 is 9.73 Å². The second-order valence-electron chi connectivity index (χ2n) is 7.81. The van der Waals surface area contributed by atoms with Crippen LogP contribution in [-0.2, 0) is 22.6 Å². The number of furan rings is 1. The van der Waals surface area contributed by atoms with Crippen molar-refractivity contribution in [1.82, 2.24) is 4.83 Å². The molecule has 0 unspecified atom stereocenters. The van der Waals surface area contributed by atoms with Crippen molar-refractivity contribution in [2.45, 2.75) is 37.3 Å². The number of carbonyl (C=O) groups is 1. The van der Waals surface area contributed by atoms with Crippen molar-refractivity contribution in [3.05, 3.63) is 82.6 Å². The summed E-state index contributed by atoms with van der Waals surface area (Å²) in [5, 5.41) is 6.25. The lowest BCUT2D eigenvalue weighted by Crippen LogP contribution is -2.22. The van der Waals surface area contributed by atoms with E-state index in [0.717, 1.165) is 36.4 Å².